The molecule has 9 heteroatoms. The molecule has 0 fully saturated rings. The molecule has 0 amide bonds. The SMILES string of the molecule is CCNC(=NCc1ccccc1CS(=O)(=O)NC(C)C)NCc1c(C)nn(C)c1C. The summed E-state index contributed by atoms with van der Waals surface area (Å²) in [5.74, 6) is 0.618. The van der Waals surface area contributed by atoms with Crippen molar-refractivity contribution in [1.82, 2.24) is 25.1 Å². The standard InChI is InChI=1S/C21H34N6O2S/c1-7-22-21(24-13-20-16(4)25-27(6)17(20)5)23-12-18-10-8-9-11-19(18)14-30(28,29)26-15(2)3/h8-11,15,26H,7,12-14H2,1-6H3,(H2,22,23,24). The molecule has 166 valence electrons. The summed E-state index contributed by atoms with van der Waals surface area (Å²) in [7, 11) is -1.46. The summed E-state index contributed by atoms with van der Waals surface area (Å²) in [6, 6.07) is 7.38. The van der Waals surface area contributed by atoms with Gasteiger partial charge < -0.3 is 10.6 Å². The lowest BCUT2D eigenvalue weighted by atomic mass is 10.1. The van der Waals surface area contributed by atoms with Crippen LogP contribution in [0.3, 0.4) is 0 Å². The Bertz CT molecular complexity index is 979. The first kappa shape index (κ1) is 23.9. The molecule has 0 unspecified atom stereocenters. The van der Waals surface area contributed by atoms with Gasteiger partial charge >= 0.3 is 0 Å². The summed E-state index contributed by atoms with van der Waals surface area (Å²) in [5, 5.41) is 11.0. The van der Waals surface area contributed by atoms with Crippen molar-refractivity contribution in [2.75, 3.05) is 6.54 Å². The summed E-state index contributed by atoms with van der Waals surface area (Å²) >= 11 is 0. The van der Waals surface area contributed by atoms with Crippen molar-refractivity contribution in [1.29, 1.82) is 0 Å². The smallest absolute Gasteiger partial charge is 0.216 e. The second kappa shape index (κ2) is 10.6. The van der Waals surface area contributed by atoms with Gasteiger partial charge in [-0.2, -0.15) is 5.10 Å². The second-order valence-corrected chi connectivity index (χ2v) is 9.38. The number of benzene rings is 1. The number of rotatable bonds is 9. The first-order chi connectivity index (χ1) is 14.1. The molecule has 0 aliphatic rings. The van der Waals surface area contributed by atoms with Gasteiger partial charge in [-0.1, -0.05) is 24.3 Å². The summed E-state index contributed by atoms with van der Waals surface area (Å²) in [6.07, 6.45) is 0. The Labute approximate surface area is 180 Å². The van der Waals surface area contributed by atoms with Crippen molar-refractivity contribution in [3.63, 3.8) is 0 Å². The van der Waals surface area contributed by atoms with Crippen LogP contribution < -0.4 is 15.4 Å². The highest BCUT2D eigenvalue weighted by atomic mass is 32.2. The Morgan fingerprint density at radius 2 is 1.83 bits per heavy atom. The number of nitrogens with zero attached hydrogens (tertiary/aromatic N) is 3. The summed E-state index contributed by atoms with van der Waals surface area (Å²) < 4.78 is 29.2. The summed E-state index contributed by atoms with van der Waals surface area (Å²) in [5.41, 5.74) is 4.90. The Kier molecular flexibility index (Phi) is 8.43. The maximum atomic E-state index is 12.3. The van der Waals surface area contributed by atoms with Gasteiger partial charge in [-0.25, -0.2) is 18.1 Å². The van der Waals surface area contributed by atoms with Crippen molar-refractivity contribution in [3.8, 4) is 0 Å². The average Bonchev–Trinajstić information content (AvgIpc) is 2.89. The van der Waals surface area contributed by atoms with Crippen molar-refractivity contribution >= 4 is 16.0 Å². The fourth-order valence-electron chi connectivity index (χ4n) is 3.21. The van der Waals surface area contributed by atoms with Crippen LogP contribution in [-0.4, -0.2) is 36.7 Å². The van der Waals surface area contributed by atoms with Crippen LogP contribution in [0.4, 0.5) is 0 Å². The molecule has 0 aliphatic carbocycles. The van der Waals surface area contributed by atoms with Gasteiger partial charge in [0, 0.05) is 37.4 Å². The van der Waals surface area contributed by atoms with Crippen LogP contribution in [0, 0.1) is 13.8 Å². The summed E-state index contributed by atoms with van der Waals surface area (Å²) in [4.78, 5) is 4.67. The molecule has 2 aromatic rings. The molecule has 1 aromatic carbocycles. The molecule has 0 saturated heterocycles. The lowest BCUT2D eigenvalue weighted by molar-refractivity contribution is 0.569. The molecule has 1 aromatic heterocycles. The summed E-state index contributed by atoms with van der Waals surface area (Å²) in [6.45, 7) is 11.4. The molecule has 1 heterocycles. The average molecular weight is 435 g/mol. The number of aryl methyl sites for hydroxylation is 2. The third-order valence-corrected chi connectivity index (χ3v) is 6.24. The molecular formula is C21H34N6O2S. The molecule has 30 heavy (non-hydrogen) atoms. The number of aromatic nitrogens is 2. The van der Waals surface area contributed by atoms with E-state index >= 15 is 0 Å². The molecule has 0 aliphatic heterocycles. The first-order valence-corrected chi connectivity index (χ1v) is 11.9. The molecule has 0 saturated carbocycles. The first-order valence-electron chi connectivity index (χ1n) is 10.2. The Morgan fingerprint density at radius 1 is 1.17 bits per heavy atom. The van der Waals surface area contributed by atoms with E-state index in [4.69, 9.17) is 0 Å². The van der Waals surface area contributed by atoms with E-state index in [2.05, 4.69) is 25.4 Å². The van der Waals surface area contributed by atoms with Gasteiger partial charge in [0.05, 0.1) is 18.0 Å². The molecule has 3 N–H and O–H groups in total. The Hall–Kier alpha value is -2.39. The molecular weight excluding hydrogens is 400 g/mol. The van der Waals surface area contributed by atoms with Crippen LogP contribution in [0.5, 0.6) is 0 Å². The number of guanidine groups is 1. The van der Waals surface area contributed by atoms with Crippen molar-refractivity contribution in [2.45, 2.75) is 59.5 Å². The zero-order valence-electron chi connectivity index (χ0n) is 18.8. The van der Waals surface area contributed by atoms with E-state index in [-0.39, 0.29) is 11.8 Å². The van der Waals surface area contributed by atoms with Crippen molar-refractivity contribution in [3.05, 3.63) is 52.3 Å². The highest BCUT2D eigenvalue weighted by Gasteiger charge is 2.15. The highest BCUT2D eigenvalue weighted by molar-refractivity contribution is 7.88. The molecule has 2 rings (SSSR count). The lowest BCUT2D eigenvalue weighted by Crippen LogP contribution is -2.37. The largest absolute Gasteiger partial charge is 0.357 e. The predicted octanol–water partition coefficient (Wildman–Crippen LogP) is 2.12. The van der Waals surface area contributed by atoms with E-state index in [1.165, 1.54) is 0 Å². The minimum absolute atomic E-state index is 0.0606. The van der Waals surface area contributed by atoms with Crippen molar-refractivity contribution in [2.24, 2.45) is 12.0 Å². The molecule has 0 atom stereocenters. The third-order valence-electron chi connectivity index (χ3n) is 4.72. The third kappa shape index (κ3) is 6.84. The van der Waals surface area contributed by atoms with Gasteiger partial charge in [0.25, 0.3) is 0 Å². The Morgan fingerprint density at radius 3 is 2.40 bits per heavy atom. The normalized spacial score (nSPS) is 12.4. The van der Waals surface area contributed by atoms with Crippen LogP contribution in [0.1, 0.15) is 48.8 Å². The fraction of sp³-hybridized carbons (Fsp3) is 0.524. The van der Waals surface area contributed by atoms with Crippen molar-refractivity contribution < 1.29 is 8.42 Å². The Balaban J connectivity index is 2.14. The monoisotopic (exact) mass is 434 g/mol. The van der Waals surface area contributed by atoms with Gasteiger partial charge in [0.1, 0.15) is 0 Å². The van der Waals surface area contributed by atoms with E-state index in [0.717, 1.165) is 34.6 Å². The maximum Gasteiger partial charge on any atom is 0.216 e. The number of sulfonamides is 1. The van der Waals surface area contributed by atoms with Gasteiger partial charge in [-0.15, -0.1) is 0 Å². The second-order valence-electron chi connectivity index (χ2n) is 7.62. The topological polar surface area (TPSA) is 100 Å². The molecule has 0 bridgehead atoms. The number of aliphatic imine (C=N–C) groups is 1. The van der Waals surface area contributed by atoms with Crippen LogP contribution >= 0.6 is 0 Å². The van der Waals surface area contributed by atoms with Gasteiger partial charge in [-0.3, -0.25) is 4.68 Å². The van der Waals surface area contributed by atoms with E-state index in [1.54, 1.807) is 0 Å². The van der Waals surface area contributed by atoms with Crippen LogP contribution in [0.25, 0.3) is 0 Å². The quantitative estimate of drug-likeness (QED) is 0.415. The predicted molar refractivity (Wildman–Crippen MR) is 122 cm³/mol. The fourth-order valence-corrected chi connectivity index (χ4v) is 4.70. The van der Waals surface area contributed by atoms with Gasteiger partial charge in [0.15, 0.2) is 5.96 Å². The molecule has 8 nitrogen and oxygen atoms in total. The number of hydrogen-bond acceptors (Lipinski definition) is 4. The van der Waals surface area contributed by atoms with Crippen LogP contribution in [0.15, 0.2) is 29.3 Å². The minimum atomic E-state index is -3.40. The lowest BCUT2D eigenvalue weighted by Gasteiger charge is -2.14. The van der Waals surface area contributed by atoms with E-state index < -0.39 is 10.0 Å². The highest BCUT2D eigenvalue weighted by Crippen LogP contribution is 2.14. The molecule has 0 radical (unpaired) electrons. The van der Waals surface area contributed by atoms with E-state index in [9.17, 15) is 8.42 Å². The van der Waals surface area contributed by atoms with Crippen LogP contribution in [-0.2, 0) is 35.9 Å². The van der Waals surface area contributed by atoms with Gasteiger partial charge in [0.2, 0.25) is 10.0 Å². The van der Waals surface area contributed by atoms with Gasteiger partial charge in [-0.05, 0) is 45.7 Å². The minimum Gasteiger partial charge on any atom is -0.357 e. The maximum absolute atomic E-state index is 12.3. The molecule has 0 spiro atoms. The van der Waals surface area contributed by atoms with E-state index in [1.807, 2.05) is 70.6 Å². The number of hydrogen-bond donors (Lipinski definition) is 3. The number of nitrogens with one attached hydrogen (secondary N) is 3. The zero-order valence-corrected chi connectivity index (χ0v) is 19.6. The zero-order chi connectivity index (χ0) is 22.3. The van der Waals surface area contributed by atoms with E-state index in [0.29, 0.717) is 19.0 Å². The van der Waals surface area contributed by atoms with Crippen LogP contribution in [0.2, 0.25) is 0 Å².